The van der Waals surface area contributed by atoms with Gasteiger partial charge in [0.05, 0.1) is 18.8 Å². The Morgan fingerprint density at radius 3 is 1.30 bits per heavy atom. The van der Waals surface area contributed by atoms with E-state index in [2.05, 4.69) is 19.2 Å². The normalized spacial score (nSPS) is 24.2. The molecule has 0 bridgehead atoms. The molecule has 0 spiro atoms. The fraction of sp³-hybridized carbons (Fsp3) is 0.975. The van der Waals surface area contributed by atoms with Gasteiger partial charge in [0.2, 0.25) is 5.91 Å². The van der Waals surface area contributed by atoms with E-state index >= 15 is 0 Å². The van der Waals surface area contributed by atoms with Crippen molar-refractivity contribution in [2.24, 2.45) is 0 Å². The molecule has 13 heteroatoms. The molecule has 0 aromatic rings. The first-order valence-corrected chi connectivity index (χ1v) is 23.0. The summed E-state index contributed by atoms with van der Waals surface area (Å²) in [5.41, 5.74) is 0. The first kappa shape index (κ1) is 50.4. The van der Waals surface area contributed by atoms with Crippen LogP contribution in [0, 0.1) is 0 Å². The van der Waals surface area contributed by atoms with E-state index in [9.17, 15) is 44.9 Å². The zero-order valence-electron chi connectivity index (χ0n) is 33.3. The number of unbranched alkanes of at least 4 members (excludes halogenated alkanes) is 24. The van der Waals surface area contributed by atoms with Crippen molar-refractivity contribution >= 4 is 13.7 Å². The third kappa shape index (κ3) is 23.9. The smallest absolute Gasteiger partial charge is 0.391 e. The maximum Gasteiger partial charge on any atom is 0.472 e. The van der Waals surface area contributed by atoms with Crippen LogP contribution in [-0.4, -0.2) is 96.8 Å². The van der Waals surface area contributed by atoms with Gasteiger partial charge in [0, 0.05) is 6.42 Å². The topological polar surface area (TPSA) is 206 Å². The lowest BCUT2D eigenvalue weighted by Crippen LogP contribution is -2.64. The molecule has 1 aliphatic carbocycles. The predicted octanol–water partition coefficient (Wildman–Crippen LogP) is 7.12. The summed E-state index contributed by atoms with van der Waals surface area (Å²) in [4.78, 5) is 23.3. The van der Waals surface area contributed by atoms with Crippen molar-refractivity contribution in [1.29, 1.82) is 0 Å². The van der Waals surface area contributed by atoms with Crippen LogP contribution in [0.4, 0.5) is 0 Å². The van der Waals surface area contributed by atoms with E-state index in [1.165, 1.54) is 116 Å². The molecular weight excluding hydrogens is 701 g/mol. The molecule has 9 atom stereocenters. The maximum atomic E-state index is 12.9. The van der Waals surface area contributed by atoms with Gasteiger partial charge in [0.1, 0.15) is 36.6 Å². The summed E-state index contributed by atoms with van der Waals surface area (Å²) in [6, 6.07) is -1.02. The van der Waals surface area contributed by atoms with E-state index in [1.807, 2.05) is 0 Å². The van der Waals surface area contributed by atoms with Gasteiger partial charge in [-0.25, -0.2) is 4.57 Å². The van der Waals surface area contributed by atoms with Crippen molar-refractivity contribution in [1.82, 2.24) is 5.32 Å². The monoisotopic (exact) mass is 782 g/mol. The van der Waals surface area contributed by atoms with Gasteiger partial charge in [0.25, 0.3) is 0 Å². The average Bonchev–Trinajstić information content (AvgIpc) is 3.13. The van der Waals surface area contributed by atoms with Crippen LogP contribution in [0.25, 0.3) is 0 Å². The molecule has 1 fully saturated rings. The Labute approximate surface area is 321 Å². The standard InChI is InChI=1S/C40H80NO11P/c1-3-5-7-9-11-13-15-16-17-18-19-20-22-24-26-28-30-34(43)41-32(33(42)29-27-25-23-21-14-12-10-8-6-4-2)31-51-53(49,50)52-40-38(47)36(45)35(44)37(46)39(40)48/h32-33,35-40,42,44-48H,3-31H2,1-2H3,(H,41,43)(H,49,50)/t32-,33+,35?,36+,37?,38?,39?,40?/m0/s1. The molecule has 0 radical (unpaired) electrons. The molecule has 12 nitrogen and oxygen atoms in total. The Bertz CT molecular complexity index is 915. The maximum absolute atomic E-state index is 12.9. The van der Waals surface area contributed by atoms with Gasteiger partial charge in [-0.1, -0.05) is 174 Å². The summed E-state index contributed by atoms with van der Waals surface area (Å²) in [6.07, 6.45) is 18.6. The Morgan fingerprint density at radius 1 is 0.566 bits per heavy atom. The lowest BCUT2D eigenvalue weighted by atomic mass is 9.85. The molecule has 1 saturated carbocycles. The zero-order chi connectivity index (χ0) is 39.3. The second kappa shape index (κ2) is 31.4. The van der Waals surface area contributed by atoms with Crippen LogP contribution in [0.3, 0.4) is 0 Å². The fourth-order valence-electron chi connectivity index (χ4n) is 7.08. The number of phosphoric ester groups is 1. The molecule has 0 aliphatic heterocycles. The highest BCUT2D eigenvalue weighted by Crippen LogP contribution is 2.47. The van der Waals surface area contributed by atoms with Crippen molar-refractivity contribution in [2.45, 2.75) is 242 Å². The first-order chi connectivity index (χ1) is 25.4. The van der Waals surface area contributed by atoms with Gasteiger partial charge in [0.15, 0.2) is 0 Å². The largest absolute Gasteiger partial charge is 0.472 e. The Balaban J connectivity index is 2.47. The van der Waals surface area contributed by atoms with Gasteiger partial charge < -0.3 is 40.8 Å². The minimum Gasteiger partial charge on any atom is -0.391 e. The molecule has 1 amide bonds. The summed E-state index contributed by atoms with van der Waals surface area (Å²) >= 11 is 0. The van der Waals surface area contributed by atoms with Crippen LogP contribution in [0.15, 0.2) is 0 Å². The van der Waals surface area contributed by atoms with Gasteiger partial charge in [-0.2, -0.15) is 0 Å². The number of amides is 1. The quantitative estimate of drug-likeness (QED) is 0.0240. The molecule has 1 aliphatic rings. The number of carbonyl (C=O) groups is 1. The third-order valence-corrected chi connectivity index (χ3v) is 11.7. The lowest BCUT2D eigenvalue weighted by molar-refractivity contribution is -0.220. The minimum absolute atomic E-state index is 0.242. The number of aliphatic hydroxyl groups is 6. The molecule has 0 heterocycles. The SMILES string of the molecule is CCCCCCCCCCCCCCCCCCC(=O)N[C@@H](COP(=O)(O)OC1C(O)C(O)C(O)[C@@H](O)C1O)[C@H](O)CCCCCCCCCCCC. The van der Waals surface area contributed by atoms with E-state index in [0.717, 1.165) is 38.5 Å². The van der Waals surface area contributed by atoms with Gasteiger partial charge in [-0.15, -0.1) is 0 Å². The molecule has 6 unspecified atom stereocenters. The van der Waals surface area contributed by atoms with E-state index in [4.69, 9.17) is 9.05 Å². The highest BCUT2D eigenvalue weighted by molar-refractivity contribution is 7.47. The van der Waals surface area contributed by atoms with Crippen molar-refractivity contribution in [3.63, 3.8) is 0 Å². The summed E-state index contributed by atoms with van der Waals surface area (Å²) in [6.45, 7) is 3.86. The Hall–Kier alpha value is -0.660. The van der Waals surface area contributed by atoms with Crippen LogP contribution < -0.4 is 5.32 Å². The fourth-order valence-corrected chi connectivity index (χ4v) is 8.05. The molecule has 316 valence electrons. The minimum atomic E-state index is -5.04. The molecule has 0 saturated heterocycles. The Morgan fingerprint density at radius 2 is 0.906 bits per heavy atom. The molecule has 1 rings (SSSR count). The van der Waals surface area contributed by atoms with Crippen molar-refractivity contribution in [3.8, 4) is 0 Å². The lowest BCUT2D eigenvalue weighted by Gasteiger charge is -2.41. The van der Waals surface area contributed by atoms with Gasteiger partial charge >= 0.3 is 7.82 Å². The van der Waals surface area contributed by atoms with Crippen LogP contribution in [0.5, 0.6) is 0 Å². The second-order valence-corrected chi connectivity index (χ2v) is 17.0. The first-order valence-electron chi connectivity index (χ1n) is 21.5. The highest BCUT2D eigenvalue weighted by Gasteiger charge is 2.51. The van der Waals surface area contributed by atoms with Crippen LogP contribution in [0.1, 0.15) is 194 Å². The molecule has 0 aromatic carbocycles. The van der Waals surface area contributed by atoms with Gasteiger partial charge in [-0.05, 0) is 12.8 Å². The van der Waals surface area contributed by atoms with Crippen LogP contribution >= 0.6 is 7.82 Å². The number of rotatable bonds is 35. The Kier molecular flexibility index (Phi) is 29.9. The van der Waals surface area contributed by atoms with E-state index < -0.39 is 63.2 Å². The van der Waals surface area contributed by atoms with E-state index in [0.29, 0.717) is 19.3 Å². The van der Waals surface area contributed by atoms with Crippen molar-refractivity contribution < 1.29 is 53.9 Å². The second-order valence-electron chi connectivity index (χ2n) is 15.6. The molecule has 8 N–H and O–H groups in total. The molecular formula is C40H80NO11P. The number of aliphatic hydroxyl groups excluding tert-OH is 6. The number of hydrogen-bond donors (Lipinski definition) is 8. The van der Waals surface area contributed by atoms with Crippen LogP contribution in [-0.2, 0) is 18.4 Å². The number of carbonyl (C=O) groups excluding carboxylic acids is 1. The van der Waals surface area contributed by atoms with Crippen molar-refractivity contribution in [3.05, 3.63) is 0 Å². The van der Waals surface area contributed by atoms with Gasteiger partial charge in [-0.3, -0.25) is 13.8 Å². The third-order valence-electron chi connectivity index (χ3n) is 10.7. The number of hydrogen-bond acceptors (Lipinski definition) is 10. The molecule has 53 heavy (non-hydrogen) atoms. The zero-order valence-corrected chi connectivity index (χ0v) is 34.2. The summed E-state index contributed by atoms with van der Waals surface area (Å²) in [7, 11) is -5.04. The van der Waals surface area contributed by atoms with Crippen molar-refractivity contribution in [2.75, 3.05) is 6.61 Å². The highest BCUT2D eigenvalue weighted by atomic mass is 31.2. The van der Waals surface area contributed by atoms with Crippen LogP contribution in [0.2, 0.25) is 0 Å². The number of nitrogens with one attached hydrogen (secondary N) is 1. The van der Waals surface area contributed by atoms with E-state index in [-0.39, 0.29) is 12.3 Å². The summed E-state index contributed by atoms with van der Waals surface area (Å²) in [5, 5.41) is 63.9. The summed E-state index contributed by atoms with van der Waals surface area (Å²) in [5.74, 6) is -0.307. The number of phosphoric acid groups is 1. The van der Waals surface area contributed by atoms with E-state index in [1.54, 1.807) is 0 Å². The molecule has 0 aromatic heterocycles. The average molecular weight is 782 g/mol. The summed E-state index contributed by atoms with van der Waals surface area (Å²) < 4.78 is 22.9. The predicted molar refractivity (Wildman–Crippen MR) is 209 cm³/mol.